The van der Waals surface area contributed by atoms with Gasteiger partial charge in [-0.1, -0.05) is 44.2 Å². The van der Waals surface area contributed by atoms with Crippen molar-refractivity contribution in [2.45, 2.75) is 20.3 Å². The fraction of sp³-hybridized carbons (Fsp3) is 0.300. The van der Waals surface area contributed by atoms with Crippen LogP contribution in [0.1, 0.15) is 25.8 Å². The van der Waals surface area contributed by atoms with Gasteiger partial charge in [0.2, 0.25) is 0 Å². The van der Waals surface area contributed by atoms with Gasteiger partial charge in [-0.25, -0.2) is 0 Å². The minimum absolute atomic E-state index is 1.14. The van der Waals surface area contributed by atoms with Crippen molar-refractivity contribution >= 4 is 0 Å². The molecule has 1 radical (unpaired) electrons. The first-order valence-corrected chi connectivity index (χ1v) is 3.72. The van der Waals surface area contributed by atoms with Crippen LogP contribution in [0.25, 0.3) is 0 Å². The Kier molecular flexibility index (Phi) is 2.49. The summed E-state index contributed by atoms with van der Waals surface area (Å²) in [5, 5.41) is 0. The molecular formula is C10H13. The summed E-state index contributed by atoms with van der Waals surface area (Å²) in [6, 6.07) is 10.5. The lowest BCUT2D eigenvalue weighted by molar-refractivity contribution is 0.958. The molecule has 53 valence electrons. The summed E-state index contributed by atoms with van der Waals surface area (Å²) in [4.78, 5) is 0. The summed E-state index contributed by atoms with van der Waals surface area (Å²) in [5.74, 6) is 1.46. The molecule has 0 saturated carbocycles. The van der Waals surface area contributed by atoms with Crippen molar-refractivity contribution in [1.82, 2.24) is 0 Å². The maximum absolute atomic E-state index is 2.18. The molecule has 0 nitrogen and oxygen atoms in total. The lowest BCUT2D eigenvalue weighted by Crippen LogP contribution is -1.89. The first kappa shape index (κ1) is 7.33. The van der Waals surface area contributed by atoms with E-state index in [4.69, 9.17) is 0 Å². The van der Waals surface area contributed by atoms with Crippen LogP contribution in [0.4, 0.5) is 0 Å². The highest BCUT2D eigenvalue weighted by atomic mass is 14.0. The van der Waals surface area contributed by atoms with Gasteiger partial charge in [-0.15, -0.1) is 0 Å². The Balaban J connectivity index is 2.75. The Labute approximate surface area is 62.9 Å². The summed E-state index contributed by atoms with van der Waals surface area (Å²) in [6.07, 6.45) is 1.14. The Morgan fingerprint density at radius 3 is 2.30 bits per heavy atom. The van der Waals surface area contributed by atoms with Crippen LogP contribution in [0.5, 0.6) is 0 Å². The molecule has 0 aliphatic rings. The molecule has 0 N–H and O–H groups in total. The minimum Gasteiger partial charge on any atom is -0.0645 e. The van der Waals surface area contributed by atoms with Crippen LogP contribution in [0.3, 0.4) is 0 Å². The van der Waals surface area contributed by atoms with E-state index in [9.17, 15) is 0 Å². The fourth-order valence-electron chi connectivity index (χ4n) is 0.927. The summed E-state index contributed by atoms with van der Waals surface area (Å²) >= 11 is 0. The Morgan fingerprint density at radius 2 is 1.80 bits per heavy atom. The van der Waals surface area contributed by atoms with E-state index < -0.39 is 0 Å². The third-order valence-corrected chi connectivity index (χ3v) is 1.80. The Hall–Kier alpha value is -0.780. The zero-order chi connectivity index (χ0) is 7.40. The third kappa shape index (κ3) is 1.60. The second kappa shape index (κ2) is 3.40. The molecule has 0 heterocycles. The largest absolute Gasteiger partial charge is 0.0645 e. The first-order chi connectivity index (χ1) is 4.84. The molecular weight excluding hydrogens is 120 g/mol. The number of hydrogen-bond donors (Lipinski definition) is 0. The predicted molar refractivity (Wildman–Crippen MR) is 44.8 cm³/mol. The van der Waals surface area contributed by atoms with Crippen molar-refractivity contribution in [2.24, 2.45) is 0 Å². The van der Waals surface area contributed by atoms with Gasteiger partial charge in [-0.2, -0.15) is 0 Å². The van der Waals surface area contributed by atoms with Crippen LogP contribution in [-0.2, 0) is 0 Å². The molecule has 0 fully saturated rings. The van der Waals surface area contributed by atoms with Crippen LogP contribution < -0.4 is 0 Å². The molecule has 0 heteroatoms. The zero-order valence-corrected chi connectivity index (χ0v) is 6.59. The average molecular weight is 133 g/mol. The van der Waals surface area contributed by atoms with Crippen LogP contribution in [-0.4, -0.2) is 0 Å². The predicted octanol–water partition coefficient (Wildman–Crippen LogP) is 3.04. The maximum atomic E-state index is 2.18. The van der Waals surface area contributed by atoms with Gasteiger partial charge in [0.1, 0.15) is 0 Å². The number of hydrogen-bond acceptors (Lipinski definition) is 0. The first-order valence-electron chi connectivity index (χ1n) is 3.72. The number of benzene rings is 1. The third-order valence-electron chi connectivity index (χ3n) is 1.80. The molecule has 0 saturated heterocycles. The van der Waals surface area contributed by atoms with Gasteiger partial charge in [0.25, 0.3) is 0 Å². The van der Waals surface area contributed by atoms with Gasteiger partial charge in [0.15, 0.2) is 0 Å². The van der Waals surface area contributed by atoms with E-state index in [1.54, 1.807) is 0 Å². The van der Waals surface area contributed by atoms with Crippen molar-refractivity contribution < 1.29 is 0 Å². The highest BCUT2D eigenvalue weighted by molar-refractivity contribution is 5.28. The van der Waals surface area contributed by atoms with Crippen molar-refractivity contribution in [3.63, 3.8) is 0 Å². The molecule has 10 heavy (non-hydrogen) atoms. The topological polar surface area (TPSA) is 0 Å². The molecule has 1 aromatic carbocycles. The normalized spacial score (nSPS) is 10.3. The highest BCUT2D eigenvalue weighted by Gasteiger charge is 1.99. The van der Waals surface area contributed by atoms with Crippen molar-refractivity contribution in [1.29, 1.82) is 0 Å². The maximum Gasteiger partial charge on any atom is 0.00162 e. The average Bonchev–Trinajstić information content (AvgIpc) is 2.05. The lowest BCUT2D eigenvalue weighted by atomic mass is 9.99. The Bertz CT molecular complexity index is 176. The van der Waals surface area contributed by atoms with Crippen LogP contribution in [0.15, 0.2) is 30.3 Å². The standard InChI is InChI=1S/C10H13/c1-3-9(2)10-7-5-4-6-8-10/h4-8H,3H2,1-2H3. The lowest BCUT2D eigenvalue weighted by Gasteiger charge is -2.05. The van der Waals surface area contributed by atoms with Crippen molar-refractivity contribution in [3.8, 4) is 0 Å². The second-order valence-corrected chi connectivity index (χ2v) is 2.50. The zero-order valence-electron chi connectivity index (χ0n) is 6.59. The van der Waals surface area contributed by atoms with Gasteiger partial charge in [-0.3, -0.25) is 0 Å². The summed E-state index contributed by atoms with van der Waals surface area (Å²) in [7, 11) is 0. The minimum atomic E-state index is 1.14. The Morgan fingerprint density at radius 1 is 1.20 bits per heavy atom. The molecule has 0 spiro atoms. The van der Waals surface area contributed by atoms with Gasteiger partial charge < -0.3 is 0 Å². The summed E-state index contributed by atoms with van der Waals surface area (Å²) in [5.41, 5.74) is 1.37. The second-order valence-electron chi connectivity index (χ2n) is 2.50. The van der Waals surface area contributed by atoms with Gasteiger partial charge >= 0.3 is 0 Å². The van der Waals surface area contributed by atoms with Crippen molar-refractivity contribution in [3.05, 3.63) is 41.8 Å². The van der Waals surface area contributed by atoms with E-state index >= 15 is 0 Å². The monoisotopic (exact) mass is 133 g/mol. The smallest absolute Gasteiger partial charge is 0.00162 e. The van der Waals surface area contributed by atoms with E-state index in [2.05, 4.69) is 38.1 Å². The molecule has 0 aliphatic heterocycles. The summed E-state index contributed by atoms with van der Waals surface area (Å²) in [6.45, 7) is 4.36. The van der Waals surface area contributed by atoms with E-state index in [0.29, 0.717) is 0 Å². The van der Waals surface area contributed by atoms with E-state index in [1.807, 2.05) is 6.07 Å². The molecule has 0 amide bonds. The molecule has 0 unspecified atom stereocenters. The van der Waals surface area contributed by atoms with Gasteiger partial charge in [0, 0.05) is 5.92 Å². The fourth-order valence-corrected chi connectivity index (χ4v) is 0.927. The molecule has 1 aromatic rings. The molecule has 0 atom stereocenters. The molecule has 1 rings (SSSR count). The quantitative estimate of drug-likeness (QED) is 0.581. The van der Waals surface area contributed by atoms with Crippen LogP contribution in [0.2, 0.25) is 0 Å². The number of rotatable bonds is 2. The van der Waals surface area contributed by atoms with Crippen molar-refractivity contribution in [2.75, 3.05) is 0 Å². The molecule has 0 aliphatic carbocycles. The summed E-state index contributed by atoms with van der Waals surface area (Å²) < 4.78 is 0. The molecule has 0 aromatic heterocycles. The van der Waals surface area contributed by atoms with Gasteiger partial charge in [0.05, 0.1) is 0 Å². The van der Waals surface area contributed by atoms with E-state index in [1.165, 1.54) is 11.5 Å². The van der Waals surface area contributed by atoms with Gasteiger partial charge in [-0.05, 0) is 12.0 Å². The SMILES string of the molecule is CC[C](C)c1ccccc1. The highest BCUT2D eigenvalue weighted by Crippen LogP contribution is 2.15. The molecule has 0 bridgehead atoms. The van der Waals surface area contributed by atoms with Crippen LogP contribution in [0, 0.1) is 5.92 Å². The van der Waals surface area contributed by atoms with Crippen LogP contribution >= 0.6 is 0 Å². The van der Waals surface area contributed by atoms with E-state index in [-0.39, 0.29) is 0 Å². The van der Waals surface area contributed by atoms with E-state index in [0.717, 1.165) is 6.42 Å².